The van der Waals surface area contributed by atoms with Gasteiger partial charge in [-0.25, -0.2) is 0 Å². The maximum absolute atomic E-state index is 11.8. The fourth-order valence-electron chi connectivity index (χ4n) is 4.38. The second-order valence-corrected chi connectivity index (χ2v) is 7.75. The largest absolute Gasteiger partial charge is 0.497 e. The summed E-state index contributed by atoms with van der Waals surface area (Å²) in [5.74, 6) is 1.64. The van der Waals surface area contributed by atoms with Gasteiger partial charge in [-0.05, 0) is 36.5 Å². The highest BCUT2D eigenvalue weighted by atomic mass is 16.5. The molecule has 5 nitrogen and oxygen atoms in total. The molecule has 1 aromatic carbocycles. The van der Waals surface area contributed by atoms with Crippen LogP contribution in [0.3, 0.4) is 0 Å². The normalized spacial score (nSPS) is 25.8. The Hall–Kier alpha value is -1.59. The number of carbonyl (C=O) groups excluding carboxylic acids is 1. The van der Waals surface area contributed by atoms with E-state index in [0.29, 0.717) is 12.5 Å². The second-order valence-electron chi connectivity index (χ2n) is 7.75. The summed E-state index contributed by atoms with van der Waals surface area (Å²) >= 11 is 0. The van der Waals surface area contributed by atoms with Crippen LogP contribution in [0.25, 0.3) is 0 Å². The summed E-state index contributed by atoms with van der Waals surface area (Å²) in [5, 5.41) is 0. The van der Waals surface area contributed by atoms with Gasteiger partial charge in [0.15, 0.2) is 0 Å². The third kappa shape index (κ3) is 4.15. The Labute approximate surface area is 150 Å². The van der Waals surface area contributed by atoms with E-state index in [4.69, 9.17) is 9.47 Å². The summed E-state index contributed by atoms with van der Waals surface area (Å²) in [6.07, 6.45) is 3.77. The van der Waals surface area contributed by atoms with Crippen molar-refractivity contribution in [1.29, 1.82) is 0 Å². The lowest BCUT2D eigenvalue weighted by Crippen LogP contribution is -2.34. The summed E-state index contributed by atoms with van der Waals surface area (Å²) in [4.78, 5) is 15.9. The van der Waals surface area contributed by atoms with Gasteiger partial charge >= 0.3 is 0 Å². The summed E-state index contributed by atoms with van der Waals surface area (Å²) in [7, 11) is 5.25. The summed E-state index contributed by atoms with van der Waals surface area (Å²) in [6, 6.07) is 8.32. The number of benzene rings is 1. The minimum atomic E-state index is 0.0391. The van der Waals surface area contributed by atoms with Crippen molar-refractivity contribution < 1.29 is 14.3 Å². The monoisotopic (exact) mass is 346 g/mol. The molecule has 0 spiro atoms. The Bertz CT molecular complexity index is 604. The number of hydrogen-bond donors (Lipinski definition) is 0. The minimum absolute atomic E-state index is 0.0391. The van der Waals surface area contributed by atoms with Gasteiger partial charge in [0.25, 0.3) is 0 Å². The first-order chi connectivity index (χ1) is 12.0. The van der Waals surface area contributed by atoms with Crippen LogP contribution in [-0.4, -0.2) is 63.2 Å². The molecule has 2 fully saturated rings. The molecule has 1 amide bonds. The quantitative estimate of drug-likeness (QED) is 0.760. The summed E-state index contributed by atoms with van der Waals surface area (Å²) in [5.41, 5.74) is 1.52. The highest BCUT2D eigenvalue weighted by Crippen LogP contribution is 2.49. The van der Waals surface area contributed by atoms with E-state index < -0.39 is 0 Å². The van der Waals surface area contributed by atoms with Gasteiger partial charge in [-0.2, -0.15) is 0 Å². The number of rotatable bonds is 7. The standard InChI is InChI=1S/C20H30N2O3/c1-21(2)19(23)13-25-15-20-9-5-7-17(20)12-22(14-20)11-16-6-4-8-18(10-16)24-3/h4,6,8,10,17H,5,7,9,11-15H2,1-3H3/t17-,20+/m0/s1. The molecule has 0 radical (unpaired) electrons. The molecule has 1 aliphatic carbocycles. The Morgan fingerprint density at radius 3 is 3.00 bits per heavy atom. The lowest BCUT2D eigenvalue weighted by atomic mass is 9.81. The molecule has 138 valence electrons. The number of fused-ring (bicyclic) bond motifs is 1. The molecule has 2 atom stereocenters. The minimum Gasteiger partial charge on any atom is -0.497 e. The van der Waals surface area contributed by atoms with Crippen LogP contribution in [-0.2, 0) is 16.1 Å². The molecule has 0 unspecified atom stereocenters. The van der Waals surface area contributed by atoms with Gasteiger partial charge in [-0.1, -0.05) is 18.6 Å². The molecular weight excluding hydrogens is 316 g/mol. The van der Waals surface area contributed by atoms with Gasteiger partial charge in [0.05, 0.1) is 13.7 Å². The molecule has 1 aromatic rings. The van der Waals surface area contributed by atoms with E-state index in [2.05, 4.69) is 23.1 Å². The van der Waals surface area contributed by atoms with Crippen LogP contribution < -0.4 is 4.74 Å². The highest BCUT2D eigenvalue weighted by Gasteiger charge is 2.49. The molecule has 0 aromatic heterocycles. The second kappa shape index (κ2) is 7.75. The van der Waals surface area contributed by atoms with Crippen molar-refractivity contribution in [2.75, 3.05) is 47.5 Å². The smallest absolute Gasteiger partial charge is 0.248 e. The lowest BCUT2D eigenvalue weighted by molar-refractivity contribution is -0.135. The van der Waals surface area contributed by atoms with Gasteiger partial charge < -0.3 is 14.4 Å². The van der Waals surface area contributed by atoms with Crippen LogP contribution >= 0.6 is 0 Å². The van der Waals surface area contributed by atoms with Crippen molar-refractivity contribution >= 4 is 5.91 Å². The average Bonchev–Trinajstić information content (AvgIpc) is 3.11. The van der Waals surface area contributed by atoms with E-state index >= 15 is 0 Å². The van der Waals surface area contributed by atoms with Crippen LogP contribution in [0.5, 0.6) is 5.75 Å². The Morgan fingerprint density at radius 1 is 1.40 bits per heavy atom. The van der Waals surface area contributed by atoms with E-state index in [1.54, 1.807) is 26.1 Å². The van der Waals surface area contributed by atoms with Gasteiger partial charge in [-0.15, -0.1) is 0 Å². The Kier molecular flexibility index (Phi) is 5.64. The van der Waals surface area contributed by atoms with Gasteiger partial charge in [0, 0.05) is 39.1 Å². The zero-order valence-electron chi connectivity index (χ0n) is 15.7. The van der Waals surface area contributed by atoms with Crippen molar-refractivity contribution in [1.82, 2.24) is 9.80 Å². The van der Waals surface area contributed by atoms with Crippen LogP contribution in [0.1, 0.15) is 24.8 Å². The molecule has 2 aliphatic rings. The fourth-order valence-corrected chi connectivity index (χ4v) is 4.38. The average molecular weight is 346 g/mol. The number of amides is 1. The van der Waals surface area contributed by atoms with Gasteiger partial charge in [0.1, 0.15) is 12.4 Å². The first kappa shape index (κ1) is 18.2. The van der Waals surface area contributed by atoms with E-state index in [9.17, 15) is 4.79 Å². The summed E-state index contributed by atoms with van der Waals surface area (Å²) < 4.78 is 11.2. The predicted molar refractivity (Wildman–Crippen MR) is 97.6 cm³/mol. The summed E-state index contributed by atoms with van der Waals surface area (Å²) in [6.45, 7) is 4.03. The fraction of sp³-hybridized carbons (Fsp3) is 0.650. The van der Waals surface area contributed by atoms with Crippen LogP contribution in [0.15, 0.2) is 24.3 Å². The molecule has 25 heavy (non-hydrogen) atoms. The number of hydrogen-bond acceptors (Lipinski definition) is 4. The molecule has 1 heterocycles. The molecule has 0 N–H and O–H groups in total. The number of likely N-dealkylation sites (N-methyl/N-ethyl adjacent to an activating group) is 1. The number of nitrogens with zero attached hydrogens (tertiary/aromatic N) is 2. The van der Waals surface area contributed by atoms with E-state index in [-0.39, 0.29) is 17.9 Å². The molecule has 3 rings (SSSR count). The number of carbonyl (C=O) groups is 1. The molecule has 0 bridgehead atoms. The maximum Gasteiger partial charge on any atom is 0.248 e. The number of likely N-dealkylation sites (tertiary alicyclic amines) is 1. The zero-order chi connectivity index (χ0) is 17.9. The van der Waals surface area contributed by atoms with E-state index in [1.807, 2.05) is 6.07 Å². The third-order valence-electron chi connectivity index (χ3n) is 5.76. The molecule has 1 saturated heterocycles. The van der Waals surface area contributed by atoms with Crippen molar-refractivity contribution in [3.63, 3.8) is 0 Å². The highest BCUT2D eigenvalue weighted by molar-refractivity contribution is 5.76. The van der Waals surface area contributed by atoms with Crippen molar-refractivity contribution in [2.24, 2.45) is 11.3 Å². The first-order valence-electron chi connectivity index (χ1n) is 9.15. The van der Waals surface area contributed by atoms with Crippen LogP contribution in [0.2, 0.25) is 0 Å². The lowest BCUT2D eigenvalue weighted by Gasteiger charge is -2.29. The van der Waals surface area contributed by atoms with Gasteiger partial charge in [-0.3, -0.25) is 9.69 Å². The van der Waals surface area contributed by atoms with E-state index in [0.717, 1.165) is 25.4 Å². The van der Waals surface area contributed by atoms with E-state index in [1.165, 1.54) is 24.8 Å². The number of methoxy groups -OCH3 is 1. The van der Waals surface area contributed by atoms with Crippen molar-refractivity contribution in [3.05, 3.63) is 29.8 Å². The molecule has 1 aliphatic heterocycles. The third-order valence-corrected chi connectivity index (χ3v) is 5.76. The van der Waals surface area contributed by atoms with Crippen LogP contribution in [0.4, 0.5) is 0 Å². The molecule has 5 heteroatoms. The Balaban J connectivity index is 1.58. The Morgan fingerprint density at radius 2 is 2.24 bits per heavy atom. The number of ether oxygens (including phenoxy) is 2. The molecular formula is C20H30N2O3. The first-order valence-corrected chi connectivity index (χ1v) is 9.15. The topological polar surface area (TPSA) is 42.0 Å². The maximum atomic E-state index is 11.8. The molecule has 1 saturated carbocycles. The van der Waals surface area contributed by atoms with Crippen molar-refractivity contribution in [3.8, 4) is 5.75 Å². The van der Waals surface area contributed by atoms with Crippen LogP contribution in [0, 0.1) is 11.3 Å². The predicted octanol–water partition coefficient (Wildman–Crippen LogP) is 2.40. The van der Waals surface area contributed by atoms with Gasteiger partial charge in [0.2, 0.25) is 5.91 Å². The SMILES string of the molecule is COc1cccc(CN2C[C@@H]3CCC[C@]3(COCC(=O)N(C)C)C2)c1. The van der Waals surface area contributed by atoms with Crippen molar-refractivity contribution in [2.45, 2.75) is 25.8 Å². The zero-order valence-corrected chi connectivity index (χ0v) is 15.7.